The smallest absolute Gasteiger partial charge is 0.324 e. The topological polar surface area (TPSA) is 128 Å². The number of nitrogens with zero attached hydrogens (tertiary/aromatic N) is 1. The van der Waals surface area contributed by atoms with Crippen molar-refractivity contribution in [1.29, 1.82) is 0 Å². The van der Waals surface area contributed by atoms with Crippen LogP contribution in [0, 0.1) is 19.8 Å². The molecule has 0 fully saturated rings. The van der Waals surface area contributed by atoms with E-state index in [0.717, 1.165) is 5.56 Å². The Labute approximate surface area is 169 Å². The molecule has 158 valence electrons. The minimum atomic E-state index is -3.93. The van der Waals surface area contributed by atoms with Crippen molar-refractivity contribution in [3.8, 4) is 0 Å². The molecule has 9 nitrogen and oxygen atoms in total. The van der Waals surface area contributed by atoms with Gasteiger partial charge in [-0.2, -0.15) is 4.72 Å². The lowest BCUT2D eigenvalue weighted by molar-refractivity contribution is -0.149. The summed E-state index contributed by atoms with van der Waals surface area (Å²) in [6.07, 6.45) is 0.216. The van der Waals surface area contributed by atoms with Crippen LogP contribution in [0.15, 0.2) is 39.8 Å². The highest BCUT2D eigenvalue weighted by Crippen LogP contribution is 2.14. The Morgan fingerprint density at radius 3 is 2.38 bits per heavy atom. The highest BCUT2D eigenvalue weighted by Gasteiger charge is 2.28. The quantitative estimate of drug-likeness (QED) is 0.592. The summed E-state index contributed by atoms with van der Waals surface area (Å²) in [6.45, 7) is 6.62. The maximum Gasteiger partial charge on any atom is 0.324 e. The number of benzene rings is 1. The van der Waals surface area contributed by atoms with Gasteiger partial charge < -0.3 is 14.6 Å². The first-order valence-corrected chi connectivity index (χ1v) is 10.5. The number of nitrogens with one attached hydrogen (secondary N) is 2. The van der Waals surface area contributed by atoms with E-state index in [0.29, 0.717) is 5.76 Å². The largest absolute Gasteiger partial charge is 0.454 e. The predicted octanol–water partition coefficient (Wildman–Crippen LogP) is 2.17. The average Bonchev–Trinajstić information content (AvgIpc) is 3.03. The van der Waals surface area contributed by atoms with Gasteiger partial charge in [-0.05, 0) is 38.3 Å². The van der Waals surface area contributed by atoms with Gasteiger partial charge in [-0.15, -0.1) is 0 Å². The van der Waals surface area contributed by atoms with Crippen molar-refractivity contribution < 1.29 is 27.3 Å². The molecule has 1 amide bonds. The molecule has 2 aromatic rings. The molecule has 29 heavy (non-hydrogen) atoms. The van der Waals surface area contributed by atoms with Crippen LogP contribution in [0.5, 0.6) is 0 Å². The first kappa shape index (κ1) is 22.6. The molecule has 0 radical (unpaired) electrons. The summed E-state index contributed by atoms with van der Waals surface area (Å²) >= 11 is 0. The van der Waals surface area contributed by atoms with Crippen LogP contribution in [0.25, 0.3) is 0 Å². The molecule has 0 aliphatic heterocycles. The first-order valence-electron chi connectivity index (χ1n) is 9.05. The van der Waals surface area contributed by atoms with E-state index in [2.05, 4.69) is 15.2 Å². The van der Waals surface area contributed by atoms with Crippen molar-refractivity contribution in [2.45, 2.75) is 45.1 Å². The fraction of sp³-hybridized carbons (Fsp3) is 0.421. The number of anilines is 1. The van der Waals surface area contributed by atoms with Gasteiger partial charge in [-0.1, -0.05) is 36.7 Å². The van der Waals surface area contributed by atoms with Crippen LogP contribution in [0.4, 0.5) is 5.82 Å². The van der Waals surface area contributed by atoms with Gasteiger partial charge >= 0.3 is 5.97 Å². The van der Waals surface area contributed by atoms with E-state index < -0.39 is 34.5 Å². The summed E-state index contributed by atoms with van der Waals surface area (Å²) in [5, 5.41) is 6.02. The number of hydrogen-bond donors (Lipinski definition) is 2. The van der Waals surface area contributed by atoms with Gasteiger partial charge in [0.05, 0.1) is 4.90 Å². The van der Waals surface area contributed by atoms with E-state index in [-0.39, 0.29) is 23.1 Å². The predicted molar refractivity (Wildman–Crippen MR) is 106 cm³/mol. The molecular formula is C19H25N3O6S. The summed E-state index contributed by atoms with van der Waals surface area (Å²) < 4.78 is 37.4. The Bertz CT molecular complexity index is 951. The number of carbonyl (C=O) groups is 2. The molecule has 2 N–H and O–H groups in total. The normalized spacial score (nSPS) is 12.6. The summed E-state index contributed by atoms with van der Waals surface area (Å²) in [4.78, 5) is 24.4. The average molecular weight is 423 g/mol. The van der Waals surface area contributed by atoms with Crippen LogP contribution < -0.4 is 10.0 Å². The molecule has 0 bridgehead atoms. The van der Waals surface area contributed by atoms with E-state index in [4.69, 9.17) is 9.26 Å². The monoisotopic (exact) mass is 423 g/mol. The van der Waals surface area contributed by atoms with Crippen LogP contribution in [-0.4, -0.2) is 38.1 Å². The molecule has 1 heterocycles. The summed E-state index contributed by atoms with van der Waals surface area (Å²) in [6, 6.07) is 6.65. The Hall–Kier alpha value is -2.72. The third-order valence-electron chi connectivity index (χ3n) is 3.86. The maximum absolute atomic E-state index is 12.6. The molecule has 2 rings (SSSR count). The zero-order chi connectivity index (χ0) is 21.6. The van der Waals surface area contributed by atoms with Crippen LogP contribution in [0.1, 0.15) is 31.6 Å². The van der Waals surface area contributed by atoms with Crippen molar-refractivity contribution in [3.63, 3.8) is 0 Å². The number of sulfonamides is 1. The van der Waals surface area contributed by atoms with Gasteiger partial charge in [0.15, 0.2) is 12.4 Å². The van der Waals surface area contributed by atoms with E-state index in [1.54, 1.807) is 19.1 Å². The minimum absolute atomic E-state index is 0.0141. The van der Waals surface area contributed by atoms with Crippen molar-refractivity contribution >= 4 is 27.7 Å². The molecule has 0 aliphatic rings. The van der Waals surface area contributed by atoms with Crippen molar-refractivity contribution in [1.82, 2.24) is 9.88 Å². The maximum atomic E-state index is 12.6. The van der Waals surface area contributed by atoms with Crippen LogP contribution in [-0.2, 0) is 24.3 Å². The second-order valence-corrected chi connectivity index (χ2v) is 8.81. The molecule has 0 saturated heterocycles. The van der Waals surface area contributed by atoms with E-state index in [9.17, 15) is 18.0 Å². The number of carbonyl (C=O) groups excluding carboxylic acids is 2. The van der Waals surface area contributed by atoms with E-state index >= 15 is 0 Å². The van der Waals surface area contributed by atoms with Gasteiger partial charge in [0.1, 0.15) is 11.8 Å². The zero-order valence-corrected chi connectivity index (χ0v) is 17.6. The number of esters is 1. The third kappa shape index (κ3) is 6.99. The SMILES string of the molecule is Cc1ccc(S(=O)(=O)N[C@@H](CC(C)C)C(=O)OCC(=O)Nc2cc(C)on2)cc1. The number of ether oxygens (including phenoxy) is 1. The number of rotatable bonds is 9. The lowest BCUT2D eigenvalue weighted by Crippen LogP contribution is -2.43. The summed E-state index contributed by atoms with van der Waals surface area (Å²) in [7, 11) is -3.93. The molecule has 0 saturated carbocycles. The van der Waals surface area contributed by atoms with Crippen molar-refractivity contribution in [2.24, 2.45) is 5.92 Å². The second-order valence-electron chi connectivity index (χ2n) is 7.10. The Morgan fingerprint density at radius 1 is 1.17 bits per heavy atom. The number of aromatic nitrogens is 1. The molecular weight excluding hydrogens is 398 g/mol. The van der Waals surface area contributed by atoms with Crippen molar-refractivity contribution in [3.05, 3.63) is 41.7 Å². The minimum Gasteiger partial charge on any atom is -0.454 e. The molecule has 1 atom stereocenters. The Balaban J connectivity index is 2.01. The fourth-order valence-electron chi connectivity index (χ4n) is 2.48. The van der Waals surface area contributed by atoms with Crippen LogP contribution in [0.3, 0.4) is 0 Å². The van der Waals surface area contributed by atoms with E-state index in [1.165, 1.54) is 18.2 Å². The van der Waals surface area contributed by atoms with Crippen molar-refractivity contribution in [2.75, 3.05) is 11.9 Å². The number of amides is 1. The Kier molecular flexibility index (Phi) is 7.52. The molecule has 1 aromatic carbocycles. The number of aryl methyl sites for hydroxylation is 2. The highest BCUT2D eigenvalue weighted by molar-refractivity contribution is 7.89. The molecule has 10 heteroatoms. The van der Waals surface area contributed by atoms with Crippen LogP contribution in [0.2, 0.25) is 0 Å². The lowest BCUT2D eigenvalue weighted by Gasteiger charge is -2.19. The van der Waals surface area contributed by atoms with Gasteiger partial charge in [-0.25, -0.2) is 8.42 Å². The van der Waals surface area contributed by atoms with Gasteiger partial charge in [0.2, 0.25) is 10.0 Å². The van der Waals surface area contributed by atoms with Gasteiger partial charge in [-0.3, -0.25) is 9.59 Å². The molecule has 1 aromatic heterocycles. The molecule has 0 spiro atoms. The Morgan fingerprint density at radius 2 is 1.83 bits per heavy atom. The highest BCUT2D eigenvalue weighted by atomic mass is 32.2. The third-order valence-corrected chi connectivity index (χ3v) is 5.35. The zero-order valence-electron chi connectivity index (χ0n) is 16.8. The summed E-state index contributed by atoms with van der Waals surface area (Å²) in [5.74, 6) is -0.723. The fourth-order valence-corrected chi connectivity index (χ4v) is 3.68. The molecule has 0 aliphatic carbocycles. The van der Waals surface area contributed by atoms with Gasteiger partial charge in [0.25, 0.3) is 5.91 Å². The standard InChI is InChI=1S/C19H25N3O6S/c1-12(2)9-16(22-29(25,26)15-7-5-13(3)6-8-15)19(24)27-11-18(23)20-17-10-14(4)28-21-17/h5-8,10,12,16,22H,9,11H2,1-4H3,(H,20,21,23)/t16-/m0/s1. The van der Waals surface area contributed by atoms with Crippen LogP contribution >= 0.6 is 0 Å². The molecule has 0 unspecified atom stereocenters. The van der Waals surface area contributed by atoms with Gasteiger partial charge in [0, 0.05) is 6.07 Å². The first-order chi connectivity index (χ1) is 13.6. The number of hydrogen-bond acceptors (Lipinski definition) is 7. The second kappa shape index (κ2) is 9.66. The van der Waals surface area contributed by atoms with E-state index in [1.807, 2.05) is 20.8 Å². The lowest BCUT2D eigenvalue weighted by atomic mass is 10.1. The summed E-state index contributed by atoms with van der Waals surface area (Å²) in [5.41, 5.74) is 0.912.